The molecular formula is C20H29ClN2O2. The Morgan fingerprint density at radius 2 is 1.92 bits per heavy atom. The molecule has 3 rings (SSSR count). The van der Waals surface area contributed by atoms with E-state index >= 15 is 0 Å². The number of carbonyl (C=O) groups is 1. The summed E-state index contributed by atoms with van der Waals surface area (Å²) >= 11 is 6.37. The summed E-state index contributed by atoms with van der Waals surface area (Å²) in [4.78, 5) is 17.1. The first kappa shape index (κ1) is 18.5. The quantitative estimate of drug-likeness (QED) is 0.762. The van der Waals surface area contributed by atoms with Crippen LogP contribution in [0.2, 0.25) is 5.02 Å². The molecule has 0 radical (unpaired) electrons. The highest BCUT2D eigenvalue weighted by Crippen LogP contribution is 2.33. The Morgan fingerprint density at radius 3 is 2.64 bits per heavy atom. The lowest BCUT2D eigenvalue weighted by molar-refractivity contribution is 0.0186. The van der Waals surface area contributed by atoms with E-state index in [1.807, 2.05) is 43.9 Å². The fraction of sp³-hybridized carbons (Fsp3) is 0.650. The van der Waals surface area contributed by atoms with Crippen molar-refractivity contribution < 1.29 is 9.53 Å². The molecule has 25 heavy (non-hydrogen) atoms. The molecule has 5 heteroatoms. The molecule has 2 atom stereocenters. The van der Waals surface area contributed by atoms with Crippen molar-refractivity contribution in [3.8, 4) is 0 Å². The summed E-state index contributed by atoms with van der Waals surface area (Å²) < 4.78 is 5.63. The van der Waals surface area contributed by atoms with E-state index < -0.39 is 5.60 Å². The molecule has 2 heterocycles. The Kier molecular flexibility index (Phi) is 5.59. The van der Waals surface area contributed by atoms with Crippen molar-refractivity contribution in [1.29, 1.82) is 0 Å². The van der Waals surface area contributed by atoms with Crippen LogP contribution in [-0.2, 0) is 11.3 Å². The van der Waals surface area contributed by atoms with E-state index in [9.17, 15) is 4.79 Å². The zero-order valence-corrected chi connectivity index (χ0v) is 16.3. The van der Waals surface area contributed by atoms with Crippen LogP contribution in [-0.4, -0.2) is 46.7 Å². The minimum atomic E-state index is -0.447. The highest BCUT2D eigenvalue weighted by atomic mass is 35.5. The van der Waals surface area contributed by atoms with Gasteiger partial charge in [-0.2, -0.15) is 0 Å². The summed E-state index contributed by atoms with van der Waals surface area (Å²) in [6.07, 6.45) is 4.22. The third-order valence-electron chi connectivity index (χ3n) is 5.13. The van der Waals surface area contributed by atoms with Crippen LogP contribution >= 0.6 is 11.6 Å². The second-order valence-corrected chi connectivity index (χ2v) is 8.56. The highest BCUT2D eigenvalue weighted by Gasteiger charge is 2.42. The van der Waals surface area contributed by atoms with Crippen LogP contribution in [0.15, 0.2) is 24.3 Å². The maximum Gasteiger partial charge on any atom is 0.410 e. The van der Waals surface area contributed by atoms with Gasteiger partial charge in [-0.1, -0.05) is 36.2 Å². The number of halogens is 1. The molecule has 2 aliphatic heterocycles. The van der Waals surface area contributed by atoms with Gasteiger partial charge in [0.15, 0.2) is 0 Å². The molecule has 1 aromatic rings. The molecular weight excluding hydrogens is 336 g/mol. The summed E-state index contributed by atoms with van der Waals surface area (Å²) in [6, 6.07) is 8.71. The van der Waals surface area contributed by atoms with Crippen LogP contribution in [0.3, 0.4) is 0 Å². The molecule has 2 unspecified atom stereocenters. The Morgan fingerprint density at radius 1 is 1.16 bits per heavy atom. The molecule has 1 aromatic carbocycles. The van der Waals surface area contributed by atoms with E-state index in [0.29, 0.717) is 6.04 Å². The lowest BCUT2D eigenvalue weighted by Crippen LogP contribution is -2.46. The first-order valence-corrected chi connectivity index (χ1v) is 9.70. The average molecular weight is 365 g/mol. The van der Waals surface area contributed by atoms with E-state index in [-0.39, 0.29) is 12.1 Å². The van der Waals surface area contributed by atoms with Gasteiger partial charge in [0, 0.05) is 24.2 Å². The van der Waals surface area contributed by atoms with Gasteiger partial charge in [-0.25, -0.2) is 4.79 Å². The fourth-order valence-corrected chi connectivity index (χ4v) is 4.23. The summed E-state index contributed by atoms with van der Waals surface area (Å²) in [5.74, 6) is 0. The van der Waals surface area contributed by atoms with Gasteiger partial charge in [0.1, 0.15) is 5.60 Å². The maximum absolute atomic E-state index is 12.6. The summed E-state index contributed by atoms with van der Waals surface area (Å²) in [5.41, 5.74) is 0.720. The number of rotatable bonds is 2. The molecule has 4 nitrogen and oxygen atoms in total. The zero-order valence-electron chi connectivity index (χ0n) is 15.5. The van der Waals surface area contributed by atoms with Gasteiger partial charge in [0.05, 0.1) is 6.04 Å². The van der Waals surface area contributed by atoms with Crippen LogP contribution in [0.25, 0.3) is 0 Å². The van der Waals surface area contributed by atoms with Crippen LogP contribution in [0, 0.1) is 0 Å². The second-order valence-electron chi connectivity index (χ2n) is 8.15. The number of hydrogen-bond acceptors (Lipinski definition) is 3. The molecule has 1 amide bonds. The lowest BCUT2D eigenvalue weighted by atomic mass is 10.0. The number of ether oxygens (including phenoxy) is 1. The van der Waals surface area contributed by atoms with Crippen molar-refractivity contribution in [3.63, 3.8) is 0 Å². The molecule has 0 aliphatic carbocycles. The number of likely N-dealkylation sites (tertiary alicyclic amines) is 2. The Balaban J connectivity index is 1.73. The topological polar surface area (TPSA) is 32.8 Å². The molecule has 0 spiro atoms. The molecule has 0 aromatic heterocycles. The summed E-state index contributed by atoms with van der Waals surface area (Å²) in [5, 5.41) is 0.824. The lowest BCUT2D eigenvalue weighted by Gasteiger charge is -2.34. The highest BCUT2D eigenvalue weighted by molar-refractivity contribution is 6.31. The normalized spacial score (nSPS) is 24.7. The first-order chi connectivity index (χ1) is 11.8. The maximum atomic E-state index is 12.6. The molecule has 0 N–H and O–H groups in total. The third-order valence-corrected chi connectivity index (χ3v) is 5.50. The smallest absolute Gasteiger partial charge is 0.410 e. The van der Waals surface area contributed by atoms with Crippen molar-refractivity contribution >= 4 is 17.7 Å². The van der Waals surface area contributed by atoms with E-state index in [4.69, 9.17) is 16.3 Å². The summed E-state index contributed by atoms with van der Waals surface area (Å²) in [7, 11) is 0. The number of fused-ring (bicyclic) bond motifs is 1. The number of carbonyl (C=O) groups excluding carboxylic acids is 1. The van der Waals surface area contributed by atoms with E-state index in [0.717, 1.165) is 43.9 Å². The third kappa shape index (κ3) is 4.48. The minimum Gasteiger partial charge on any atom is -0.444 e. The van der Waals surface area contributed by atoms with Crippen molar-refractivity contribution in [2.75, 3.05) is 13.1 Å². The van der Waals surface area contributed by atoms with Crippen LogP contribution in [0.5, 0.6) is 0 Å². The van der Waals surface area contributed by atoms with Crippen LogP contribution in [0.1, 0.15) is 52.0 Å². The van der Waals surface area contributed by atoms with Gasteiger partial charge < -0.3 is 9.64 Å². The van der Waals surface area contributed by atoms with E-state index in [1.54, 1.807) is 0 Å². The number of nitrogens with zero attached hydrogens (tertiary/aromatic N) is 2. The molecule has 2 aliphatic rings. The van der Waals surface area contributed by atoms with Gasteiger partial charge in [0.2, 0.25) is 0 Å². The Bertz CT molecular complexity index is 614. The van der Waals surface area contributed by atoms with Crippen LogP contribution in [0.4, 0.5) is 4.79 Å². The van der Waals surface area contributed by atoms with Gasteiger partial charge >= 0.3 is 6.09 Å². The molecule has 138 valence electrons. The average Bonchev–Trinajstić information content (AvgIpc) is 2.85. The predicted molar refractivity (Wildman–Crippen MR) is 101 cm³/mol. The van der Waals surface area contributed by atoms with Gasteiger partial charge in [-0.15, -0.1) is 0 Å². The van der Waals surface area contributed by atoms with Crippen LogP contribution < -0.4 is 0 Å². The number of benzene rings is 1. The van der Waals surface area contributed by atoms with Crippen molar-refractivity contribution in [2.45, 2.75) is 70.7 Å². The zero-order chi connectivity index (χ0) is 18.0. The van der Waals surface area contributed by atoms with Crippen molar-refractivity contribution in [1.82, 2.24) is 9.80 Å². The van der Waals surface area contributed by atoms with Crippen molar-refractivity contribution in [2.24, 2.45) is 0 Å². The Hall–Kier alpha value is -1.26. The standard InChI is InChI=1S/C20H29ClN2O2/c1-20(2,3)25-19(24)23-13-11-17-18(23)10-6-7-12-22(17)14-15-8-4-5-9-16(15)21/h4-5,8-9,17-18H,6-7,10-14H2,1-3H3. The number of amides is 1. The van der Waals surface area contributed by atoms with Crippen molar-refractivity contribution in [3.05, 3.63) is 34.9 Å². The fourth-order valence-electron chi connectivity index (χ4n) is 4.03. The summed E-state index contributed by atoms with van der Waals surface area (Å²) in [6.45, 7) is 8.47. The van der Waals surface area contributed by atoms with Gasteiger partial charge in [-0.05, 0) is 58.2 Å². The molecule has 2 fully saturated rings. The molecule has 0 bridgehead atoms. The monoisotopic (exact) mass is 364 g/mol. The predicted octanol–water partition coefficient (Wildman–Crippen LogP) is 4.70. The SMILES string of the molecule is CC(C)(C)OC(=O)N1CCC2C1CCCCN2Cc1ccccc1Cl. The van der Waals surface area contributed by atoms with Gasteiger partial charge in [-0.3, -0.25) is 4.90 Å². The van der Waals surface area contributed by atoms with Gasteiger partial charge in [0.25, 0.3) is 0 Å². The molecule has 0 saturated carbocycles. The van der Waals surface area contributed by atoms with E-state index in [2.05, 4.69) is 11.0 Å². The minimum absolute atomic E-state index is 0.167. The molecule has 2 saturated heterocycles. The number of hydrogen-bond donors (Lipinski definition) is 0. The second kappa shape index (κ2) is 7.55. The largest absolute Gasteiger partial charge is 0.444 e. The first-order valence-electron chi connectivity index (χ1n) is 9.32. The Labute approximate surface area is 156 Å². The van der Waals surface area contributed by atoms with E-state index in [1.165, 1.54) is 12.0 Å².